The molecule has 0 aliphatic rings. The SMILES string of the molecule is CCOC(=O)C(NC(=O)OC(C)(C)C)C(=O)c1ccc(CC(=O)O)cc1CC(=O)O. The molecule has 0 fully saturated rings. The quantitative estimate of drug-likeness (QED) is 0.305. The molecule has 1 unspecified atom stereocenters. The number of esters is 1. The Morgan fingerprint density at radius 3 is 2.13 bits per heavy atom. The van der Waals surface area contributed by atoms with Crippen LogP contribution in [-0.4, -0.2) is 58.2 Å². The first kappa shape index (κ1) is 24.6. The molecular weight excluding hydrogens is 398 g/mol. The second-order valence-corrected chi connectivity index (χ2v) is 7.33. The molecule has 10 nitrogen and oxygen atoms in total. The van der Waals surface area contributed by atoms with Gasteiger partial charge in [0.25, 0.3) is 0 Å². The third kappa shape index (κ3) is 7.90. The van der Waals surface area contributed by atoms with Gasteiger partial charge in [-0.25, -0.2) is 9.59 Å². The van der Waals surface area contributed by atoms with Crippen LogP contribution in [0.1, 0.15) is 49.2 Å². The molecule has 10 heteroatoms. The number of aliphatic carboxylic acids is 2. The molecule has 1 rings (SSSR count). The normalized spacial score (nSPS) is 11.9. The predicted molar refractivity (Wildman–Crippen MR) is 103 cm³/mol. The number of hydrogen-bond acceptors (Lipinski definition) is 7. The lowest BCUT2D eigenvalue weighted by molar-refractivity contribution is -0.144. The van der Waals surface area contributed by atoms with Crippen LogP contribution in [-0.2, 0) is 36.7 Å². The molecule has 0 spiro atoms. The van der Waals surface area contributed by atoms with Crippen molar-refractivity contribution in [1.29, 1.82) is 0 Å². The summed E-state index contributed by atoms with van der Waals surface area (Å²) in [4.78, 5) is 59.5. The lowest BCUT2D eigenvalue weighted by Crippen LogP contribution is -2.49. The Kier molecular flexibility index (Phi) is 8.51. The Morgan fingerprint density at radius 2 is 1.63 bits per heavy atom. The van der Waals surface area contributed by atoms with Crippen LogP contribution in [0.5, 0.6) is 0 Å². The van der Waals surface area contributed by atoms with Crippen LogP contribution < -0.4 is 5.32 Å². The molecule has 1 aromatic rings. The molecule has 30 heavy (non-hydrogen) atoms. The number of carboxylic acid groups (broad SMARTS) is 2. The summed E-state index contributed by atoms with van der Waals surface area (Å²) >= 11 is 0. The van der Waals surface area contributed by atoms with Gasteiger partial charge < -0.3 is 25.0 Å². The zero-order valence-corrected chi connectivity index (χ0v) is 17.2. The summed E-state index contributed by atoms with van der Waals surface area (Å²) in [6, 6.07) is 2.06. The molecule has 0 saturated heterocycles. The molecule has 0 aliphatic carbocycles. The molecule has 1 aromatic carbocycles. The Bertz CT molecular complexity index is 839. The fourth-order valence-corrected chi connectivity index (χ4v) is 2.52. The van der Waals surface area contributed by atoms with Gasteiger partial charge in [-0.1, -0.05) is 18.2 Å². The maximum atomic E-state index is 13.0. The summed E-state index contributed by atoms with van der Waals surface area (Å²) in [5.41, 5.74) is -0.755. The lowest BCUT2D eigenvalue weighted by Gasteiger charge is -2.23. The van der Waals surface area contributed by atoms with Gasteiger partial charge in [0, 0.05) is 5.56 Å². The molecule has 1 amide bonds. The number of carboxylic acids is 2. The van der Waals surface area contributed by atoms with Crippen molar-refractivity contribution in [1.82, 2.24) is 5.32 Å². The van der Waals surface area contributed by atoms with E-state index in [0.717, 1.165) is 0 Å². The average Bonchev–Trinajstić information content (AvgIpc) is 2.57. The zero-order chi connectivity index (χ0) is 23.1. The van der Waals surface area contributed by atoms with E-state index in [1.807, 2.05) is 0 Å². The van der Waals surface area contributed by atoms with E-state index in [1.54, 1.807) is 20.8 Å². The van der Waals surface area contributed by atoms with Crippen LogP contribution in [0, 0.1) is 0 Å². The monoisotopic (exact) mass is 423 g/mol. The number of nitrogens with one attached hydrogen (secondary N) is 1. The smallest absolute Gasteiger partial charge is 0.408 e. The fourth-order valence-electron chi connectivity index (χ4n) is 2.52. The molecule has 164 valence electrons. The van der Waals surface area contributed by atoms with Gasteiger partial charge in [-0.3, -0.25) is 14.4 Å². The first-order valence-corrected chi connectivity index (χ1v) is 9.09. The lowest BCUT2D eigenvalue weighted by atomic mass is 9.94. The Balaban J connectivity index is 3.32. The summed E-state index contributed by atoms with van der Waals surface area (Å²) < 4.78 is 9.92. The van der Waals surface area contributed by atoms with E-state index in [-0.39, 0.29) is 29.7 Å². The van der Waals surface area contributed by atoms with Crippen molar-refractivity contribution < 1.29 is 43.7 Å². The number of carbonyl (C=O) groups is 5. The number of hydrogen-bond donors (Lipinski definition) is 3. The van der Waals surface area contributed by atoms with E-state index in [0.29, 0.717) is 0 Å². The largest absolute Gasteiger partial charge is 0.481 e. The third-order valence-electron chi connectivity index (χ3n) is 3.58. The average molecular weight is 423 g/mol. The van der Waals surface area contributed by atoms with E-state index in [2.05, 4.69) is 5.32 Å². The van der Waals surface area contributed by atoms with Gasteiger partial charge in [0.2, 0.25) is 0 Å². The number of benzene rings is 1. The number of ketones is 1. The first-order valence-electron chi connectivity index (χ1n) is 9.09. The zero-order valence-electron chi connectivity index (χ0n) is 17.2. The highest BCUT2D eigenvalue weighted by Gasteiger charge is 2.33. The van der Waals surface area contributed by atoms with Crippen LogP contribution in [0.15, 0.2) is 18.2 Å². The number of rotatable bonds is 9. The molecule has 3 N–H and O–H groups in total. The Hall–Kier alpha value is -3.43. The van der Waals surface area contributed by atoms with E-state index < -0.39 is 47.8 Å². The Labute approximate surface area is 173 Å². The van der Waals surface area contributed by atoms with Gasteiger partial charge in [-0.05, 0) is 38.8 Å². The van der Waals surface area contributed by atoms with Crippen LogP contribution in [0.4, 0.5) is 4.79 Å². The molecule has 0 bridgehead atoms. The number of carbonyl (C=O) groups excluding carboxylic acids is 3. The third-order valence-corrected chi connectivity index (χ3v) is 3.58. The number of Topliss-reactive ketones (excluding diaryl/α,β-unsaturated/α-hetero) is 1. The summed E-state index contributed by atoms with van der Waals surface area (Å²) in [7, 11) is 0. The molecule has 0 radical (unpaired) electrons. The standard InChI is InChI=1S/C20H25NO9/c1-5-29-18(27)16(21-19(28)30-20(2,3)4)17(26)13-7-6-11(9-14(22)23)8-12(13)10-15(24)25/h6-8,16H,5,9-10H2,1-4H3,(H,21,28)(H,22,23)(H,24,25). The van der Waals surface area contributed by atoms with E-state index in [4.69, 9.17) is 19.7 Å². The van der Waals surface area contributed by atoms with Gasteiger partial charge in [0.1, 0.15) is 5.60 Å². The predicted octanol–water partition coefficient (Wildman–Crippen LogP) is 1.58. The molecule has 0 heterocycles. The highest BCUT2D eigenvalue weighted by atomic mass is 16.6. The number of alkyl carbamates (subject to hydrolysis) is 1. The van der Waals surface area contributed by atoms with Crippen molar-refractivity contribution in [3.05, 3.63) is 34.9 Å². The summed E-state index contributed by atoms with van der Waals surface area (Å²) in [5.74, 6) is -4.34. The van der Waals surface area contributed by atoms with Gasteiger partial charge in [0.05, 0.1) is 19.4 Å². The molecular formula is C20H25NO9. The Morgan fingerprint density at radius 1 is 1.03 bits per heavy atom. The van der Waals surface area contributed by atoms with E-state index in [9.17, 15) is 24.0 Å². The second kappa shape index (κ2) is 10.4. The minimum absolute atomic E-state index is 0.00605. The first-order chi connectivity index (χ1) is 13.8. The van der Waals surface area contributed by atoms with E-state index in [1.165, 1.54) is 25.1 Å². The van der Waals surface area contributed by atoms with Gasteiger partial charge in [-0.15, -0.1) is 0 Å². The van der Waals surface area contributed by atoms with Gasteiger partial charge >= 0.3 is 24.0 Å². The molecule has 0 aliphatic heterocycles. The van der Waals surface area contributed by atoms with Crippen LogP contribution in [0.3, 0.4) is 0 Å². The van der Waals surface area contributed by atoms with Crippen LogP contribution in [0.2, 0.25) is 0 Å². The van der Waals surface area contributed by atoms with Crippen molar-refractivity contribution in [2.24, 2.45) is 0 Å². The molecule has 0 aromatic heterocycles. The van der Waals surface area contributed by atoms with E-state index >= 15 is 0 Å². The summed E-state index contributed by atoms with van der Waals surface area (Å²) in [6.07, 6.45) is -1.99. The van der Waals surface area contributed by atoms with Crippen molar-refractivity contribution in [3.63, 3.8) is 0 Å². The minimum Gasteiger partial charge on any atom is -0.481 e. The van der Waals surface area contributed by atoms with Crippen LogP contribution in [0.25, 0.3) is 0 Å². The molecule has 0 saturated carbocycles. The van der Waals surface area contributed by atoms with Crippen molar-refractivity contribution >= 4 is 29.8 Å². The number of amides is 1. The van der Waals surface area contributed by atoms with Crippen LogP contribution >= 0.6 is 0 Å². The highest BCUT2D eigenvalue weighted by molar-refractivity contribution is 6.14. The molecule has 1 atom stereocenters. The summed E-state index contributed by atoms with van der Waals surface area (Å²) in [5, 5.41) is 20.2. The highest BCUT2D eigenvalue weighted by Crippen LogP contribution is 2.17. The van der Waals surface area contributed by atoms with Crippen molar-refractivity contribution in [2.75, 3.05) is 6.61 Å². The topological polar surface area (TPSA) is 156 Å². The second-order valence-electron chi connectivity index (χ2n) is 7.33. The maximum Gasteiger partial charge on any atom is 0.408 e. The fraction of sp³-hybridized carbons (Fsp3) is 0.450. The summed E-state index contributed by atoms with van der Waals surface area (Å²) in [6.45, 7) is 6.25. The van der Waals surface area contributed by atoms with Gasteiger partial charge in [0.15, 0.2) is 11.8 Å². The number of ether oxygens (including phenoxy) is 2. The maximum absolute atomic E-state index is 13.0. The van der Waals surface area contributed by atoms with Crippen molar-refractivity contribution in [3.8, 4) is 0 Å². The minimum atomic E-state index is -1.77. The van der Waals surface area contributed by atoms with Crippen molar-refractivity contribution in [2.45, 2.75) is 52.2 Å². The van der Waals surface area contributed by atoms with Gasteiger partial charge in [-0.2, -0.15) is 0 Å².